The van der Waals surface area contributed by atoms with E-state index < -0.39 is 6.09 Å². The topological polar surface area (TPSA) is 59.9 Å². The summed E-state index contributed by atoms with van der Waals surface area (Å²) < 4.78 is 6.11. The Labute approximate surface area is 167 Å². The molecule has 3 aromatic rings. The van der Waals surface area contributed by atoms with Crippen molar-refractivity contribution in [3.8, 4) is 5.75 Å². The molecule has 0 unspecified atom stereocenters. The molecule has 1 atom stereocenters. The van der Waals surface area contributed by atoms with Gasteiger partial charge in [0.05, 0.1) is 5.71 Å². The summed E-state index contributed by atoms with van der Waals surface area (Å²) in [4.78, 5) is 17.2. The number of rotatable bonds is 3. The highest BCUT2D eigenvalue weighted by molar-refractivity contribution is 6.30. The van der Waals surface area contributed by atoms with Crippen LogP contribution in [-0.2, 0) is 4.84 Å². The van der Waals surface area contributed by atoms with Gasteiger partial charge in [-0.1, -0.05) is 65.3 Å². The molecule has 140 valence electrons. The Kier molecular flexibility index (Phi) is 5.26. The number of para-hydroxylation sites is 1. The van der Waals surface area contributed by atoms with E-state index in [2.05, 4.69) is 10.5 Å². The zero-order valence-electron chi connectivity index (χ0n) is 14.8. The average molecular weight is 393 g/mol. The fourth-order valence-electron chi connectivity index (χ4n) is 3.03. The van der Waals surface area contributed by atoms with Gasteiger partial charge in [0.2, 0.25) is 0 Å². The standard InChI is InChI=1S/C22H17ClN2O3/c23-16-9-6-10-17(13-16)24-22(26)28-25-19-14-21(15-7-2-1-3-8-15)27-20-12-5-4-11-18(19)20/h1-13,21H,14H2,(H,24,26)/t21-/m1/s1. The second-order valence-corrected chi connectivity index (χ2v) is 6.71. The van der Waals surface area contributed by atoms with Crippen LogP contribution in [0, 0.1) is 0 Å². The number of anilines is 1. The Morgan fingerprint density at radius 1 is 1.04 bits per heavy atom. The van der Waals surface area contributed by atoms with Crippen molar-refractivity contribution < 1.29 is 14.4 Å². The van der Waals surface area contributed by atoms with Crippen LogP contribution in [0.3, 0.4) is 0 Å². The fourth-order valence-corrected chi connectivity index (χ4v) is 3.22. The van der Waals surface area contributed by atoms with Crippen LogP contribution in [0.5, 0.6) is 5.75 Å². The molecule has 0 radical (unpaired) electrons. The van der Waals surface area contributed by atoms with Crippen molar-refractivity contribution in [1.29, 1.82) is 0 Å². The number of carbonyl (C=O) groups excluding carboxylic acids is 1. The molecule has 1 aliphatic rings. The first-order chi connectivity index (χ1) is 13.7. The van der Waals surface area contributed by atoms with Crippen molar-refractivity contribution in [3.05, 3.63) is 95.0 Å². The first-order valence-electron chi connectivity index (χ1n) is 8.80. The van der Waals surface area contributed by atoms with Crippen molar-refractivity contribution >= 4 is 29.1 Å². The Morgan fingerprint density at radius 2 is 1.82 bits per heavy atom. The molecule has 3 aromatic carbocycles. The molecule has 0 bridgehead atoms. The highest BCUT2D eigenvalue weighted by Gasteiger charge is 2.26. The Morgan fingerprint density at radius 3 is 2.64 bits per heavy atom. The van der Waals surface area contributed by atoms with Gasteiger partial charge in [-0.3, -0.25) is 10.2 Å². The smallest absolute Gasteiger partial charge is 0.437 e. The number of hydrogen-bond donors (Lipinski definition) is 1. The van der Waals surface area contributed by atoms with E-state index in [0.29, 0.717) is 28.6 Å². The molecule has 6 heteroatoms. The number of benzene rings is 3. The third kappa shape index (κ3) is 4.15. The Balaban J connectivity index is 1.54. The van der Waals surface area contributed by atoms with E-state index >= 15 is 0 Å². The van der Waals surface area contributed by atoms with E-state index in [1.807, 2.05) is 54.6 Å². The zero-order chi connectivity index (χ0) is 19.3. The van der Waals surface area contributed by atoms with Crippen LogP contribution < -0.4 is 10.1 Å². The first kappa shape index (κ1) is 18.1. The summed E-state index contributed by atoms with van der Waals surface area (Å²) in [5.41, 5.74) is 3.03. The van der Waals surface area contributed by atoms with Gasteiger partial charge in [0.25, 0.3) is 0 Å². The Hall–Kier alpha value is -3.31. The minimum absolute atomic E-state index is 0.200. The van der Waals surface area contributed by atoms with Gasteiger partial charge < -0.3 is 4.74 Å². The predicted molar refractivity (Wildman–Crippen MR) is 109 cm³/mol. The monoisotopic (exact) mass is 392 g/mol. The molecule has 0 saturated carbocycles. The maximum Gasteiger partial charge on any atom is 0.437 e. The number of hydrogen-bond acceptors (Lipinski definition) is 4. The van der Waals surface area contributed by atoms with E-state index in [1.165, 1.54) is 0 Å². The number of amides is 1. The van der Waals surface area contributed by atoms with Crippen LogP contribution in [0.2, 0.25) is 5.02 Å². The number of fused-ring (bicyclic) bond motifs is 1. The van der Waals surface area contributed by atoms with E-state index in [4.69, 9.17) is 21.2 Å². The van der Waals surface area contributed by atoms with Crippen molar-refractivity contribution in [3.63, 3.8) is 0 Å². The molecule has 0 spiro atoms. The highest BCUT2D eigenvalue weighted by atomic mass is 35.5. The molecule has 4 rings (SSSR count). The summed E-state index contributed by atoms with van der Waals surface area (Å²) >= 11 is 5.92. The molecule has 0 fully saturated rings. The molecular formula is C22H17ClN2O3. The molecule has 5 nitrogen and oxygen atoms in total. The lowest BCUT2D eigenvalue weighted by Gasteiger charge is -2.27. The van der Waals surface area contributed by atoms with Crippen LogP contribution in [-0.4, -0.2) is 11.8 Å². The lowest BCUT2D eigenvalue weighted by molar-refractivity contribution is 0.163. The zero-order valence-corrected chi connectivity index (χ0v) is 15.6. The van der Waals surface area contributed by atoms with Gasteiger partial charge in [0.1, 0.15) is 11.9 Å². The molecule has 1 amide bonds. The molecule has 0 saturated heterocycles. The lowest BCUT2D eigenvalue weighted by atomic mass is 9.96. The van der Waals surface area contributed by atoms with Gasteiger partial charge >= 0.3 is 6.09 Å². The van der Waals surface area contributed by atoms with Crippen molar-refractivity contribution in [2.75, 3.05) is 5.32 Å². The van der Waals surface area contributed by atoms with E-state index in [1.54, 1.807) is 24.3 Å². The molecule has 1 N–H and O–H groups in total. The van der Waals surface area contributed by atoms with Crippen LogP contribution >= 0.6 is 11.6 Å². The number of halogens is 1. The maximum atomic E-state index is 12.1. The quantitative estimate of drug-likeness (QED) is 0.451. The predicted octanol–water partition coefficient (Wildman–Crippen LogP) is 5.82. The van der Waals surface area contributed by atoms with Gasteiger partial charge in [-0.2, -0.15) is 0 Å². The van der Waals surface area contributed by atoms with E-state index in [0.717, 1.165) is 11.1 Å². The summed E-state index contributed by atoms with van der Waals surface area (Å²) in [5, 5.41) is 7.24. The van der Waals surface area contributed by atoms with Crippen LogP contribution in [0.25, 0.3) is 0 Å². The maximum absolute atomic E-state index is 12.1. The number of nitrogens with one attached hydrogen (secondary N) is 1. The molecule has 0 aliphatic carbocycles. The van der Waals surface area contributed by atoms with Crippen LogP contribution in [0.1, 0.15) is 23.7 Å². The third-order valence-electron chi connectivity index (χ3n) is 4.33. The third-order valence-corrected chi connectivity index (χ3v) is 4.56. The van der Waals surface area contributed by atoms with E-state index in [-0.39, 0.29) is 6.10 Å². The first-order valence-corrected chi connectivity index (χ1v) is 9.18. The summed E-state index contributed by atoms with van der Waals surface area (Å²) in [7, 11) is 0. The van der Waals surface area contributed by atoms with Crippen molar-refractivity contribution in [2.24, 2.45) is 5.16 Å². The van der Waals surface area contributed by atoms with Gasteiger partial charge in [-0.15, -0.1) is 0 Å². The summed E-state index contributed by atoms with van der Waals surface area (Å²) in [6, 6.07) is 24.3. The minimum atomic E-state index is -0.685. The summed E-state index contributed by atoms with van der Waals surface area (Å²) in [6.45, 7) is 0. The Bertz CT molecular complexity index is 1020. The second-order valence-electron chi connectivity index (χ2n) is 6.27. The van der Waals surface area contributed by atoms with E-state index in [9.17, 15) is 4.79 Å². The second kappa shape index (κ2) is 8.15. The lowest BCUT2D eigenvalue weighted by Crippen LogP contribution is -2.22. The van der Waals surface area contributed by atoms with Crippen LogP contribution in [0.4, 0.5) is 10.5 Å². The SMILES string of the molecule is O=C(Nc1cccc(Cl)c1)ON=C1C[C@H](c2ccccc2)Oc2ccccc21. The number of nitrogens with zero attached hydrogens (tertiary/aromatic N) is 1. The largest absolute Gasteiger partial charge is 0.485 e. The van der Waals surface area contributed by atoms with Crippen molar-refractivity contribution in [1.82, 2.24) is 0 Å². The normalized spacial score (nSPS) is 16.8. The number of oxime groups is 1. The molecular weight excluding hydrogens is 376 g/mol. The summed E-state index contributed by atoms with van der Waals surface area (Å²) in [6.07, 6.45) is -0.393. The number of ether oxygens (including phenoxy) is 1. The molecule has 1 heterocycles. The van der Waals surface area contributed by atoms with Crippen molar-refractivity contribution in [2.45, 2.75) is 12.5 Å². The minimum Gasteiger partial charge on any atom is -0.485 e. The molecule has 0 aromatic heterocycles. The molecule has 28 heavy (non-hydrogen) atoms. The summed E-state index contributed by atoms with van der Waals surface area (Å²) in [5.74, 6) is 0.709. The van der Waals surface area contributed by atoms with Gasteiger partial charge in [-0.25, -0.2) is 4.79 Å². The van der Waals surface area contributed by atoms with Gasteiger partial charge in [-0.05, 0) is 35.9 Å². The number of carbonyl (C=O) groups is 1. The fraction of sp³-hybridized carbons (Fsp3) is 0.0909. The van der Waals surface area contributed by atoms with Gasteiger partial charge in [0.15, 0.2) is 0 Å². The average Bonchev–Trinajstić information content (AvgIpc) is 2.72. The highest BCUT2D eigenvalue weighted by Crippen LogP contribution is 2.35. The van der Waals surface area contributed by atoms with Gasteiger partial charge in [0, 0.05) is 22.7 Å². The molecule has 1 aliphatic heterocycles. The van der Waals surface area contributed by atoms with Crippen LogP contribution in [0.15, 0.2) is 84.0 Å².